The van der Waals surface area contributed by atoms with Crippen LogP contribution in [0.15, 0.2) is 86.0 Å². The average molecular weight is 300 g/mol. The molecule has 21 heavy (non-hydrogen) atoms. The first-order valence-electron chi connectivity index (χ1n) is 6.28. The molecule has 0 saturated carbocycles. The molecule has 0 saturated heterocycles. The minimum Gasteiger partial charge on any atom is -0.0622 e. The summed E-state index contributed by atoms with van der Waals surface area (Å²) in [7, 11) is 0. The Hall–Kier alpha value is -0.120. The van der Waals surface area contributed by atoms with E-state index in [4.69, 9.17) is 4.74 Å². The summed E-state index contributed by atoms with van der Waals surface area (Å²) in [6.45, 7) is 8.18. The fourth-order valence-electron chi connectivity index (χ4n) is 1.50. The van der Waals surface area contributed by atoms with E-state index in [1.54, 1.807) is 12.2 Å². The maximum atomic E-state index is 4.90. The molecule has 0 bridgehead atoms. The Kier molecular flexibility index (Phi) is 17.9. The third-order valence-corrected chi connectivity index (χ3v) is 2.35. The van der Waals surface area contributed by atoms with Gasteiger partial charge in [-0.25, -0.2) is 0 Å². The van der Waals surface area contributed by atoms with Gasteiger partial charge in [0.15, 0.2) is 0 Å². The van der Waals surface area contributed by atoms with Crippen molar-refractivity contribution in [3.8, 4) is 11.1 Å². The summed E-state index contributed by atoms with van der Waals surface area (Å²) in [5.41, 5.74) is 2.55. The van der Waals surface area contributed by atoms with Crippen molar-refractivity contribution < 1.29 is 4.74 Å². The van der Waals surface area contributed by atoms with Crippen molar-refractivity contribution >= 4 is 59.1 Å². The third kappa shape index (κ3) is 11.1. The van der Waals surface area contributed by atoms with Gasteiger partial charge < -0.3 is 4.74 Å². The van der Waals surface area contributed by atoms with Crippen LogP contribution in [-0.2, 0) is 4.74 Å². The Morgan fingerprint density at radius 1 is 0.667 bits per heavy atom. The van der Waals surface area contributed by atoms with E-state index in [1.165, 1.54) is 11.1 Å². The minimum atomic E-state index is 0. The molecule has 0 heterocycles. The van der Waals surface area contributed by atoms with Crippen LogP contribution in [0.1, 0.15) is 0 Å². The smallest absolute Gasteiger partial charge is 0.0184 e. The molecular weight excluding hydrogens is 278 g/mol. The molecule has 0 atom stereocenters. The van der Waals surface area contributed by atoms with Crippen LogP contribution in [0.25, 0.3) is 11.1 Å². The van der Waals surface area contributed by atoms with Crippen molar-refractivity contribution in [1.29, 1.82) is 0 Å². The summed E-state index contributed by atoms with van der Waals surface area (Å²) < 4.78 is 4.90. The molecule has 0 unspecified atom stereocenters. The molecule has 3 heteroatoms. The SMILES string of the molecule is C=CCOCC=C.[NaH].[NaH].c1ccc(-c2ccccc2)cc1. The van der Waals surface area contributed by atoms with Crippen LogP contribution in [0, 0.1) is 0 Å². The minimum absolute atomic E-state index is 0. The van der Waals surface area contributed by atoms with Crippen molar-refractivity contribution in [2.75, 3.05) is 13.2 Å². The number of hydrogen-bond acceptors (Lipinski definition) is 1. The maximum Gasteiger partial charge on any atom is -0.0184 e. The second kappa shape index (κ2) is 16.3. The average Bonchev–Trinajstić information content (AvgIpc) is 2.50. The van der Waals surface area contributed by atoms with Crippen LogP contribution in [0.2, 0.25) is 0 Å². The Balaban J connectivity index is 0. The van der Waals surface area contributed by atoms with E-state index >= 15 is 0 Å². The van der Waals surface area contributed by atoms with Crippen molar-refractivity contribution in [3.63, 3.8) is 0 Å². The van der Waals surface area contributed by atoms with Crippen LogP contribution in [0.5, 0.6) is 0 Å². The molecule has 2 aromatic carbocycles. The van der Waals surface area contributed by atoms with Gasteiger partial charge in [-0.1, -0.05) is 72.8 Å². The molecule has 2 rings (SSSR count). The summed E-state index contributed by atoms with van der Waals surface area (Å²) in [5, 5.41) is 0. The quantitative estimate of drug-likeness (QED) is 0.467. The monoisotopic (exact) mass is 300 g/mol. The van der Waals surface area contributed by atoms with E-state index in [1.807, 2.05) is 12.1 Å². The Labute approximate surface area is 172 Å². The van der Waals surface area contributed by atoms with Crippen molar-refractivity contribution in [3.05, 3.63) is 86.0 Å². The van der Waals surface area contributed by atoms with Crippen LogP contribution in [0.3, 0.4) is 0 Å². The van der Waals surface area contributed by atoms with E-state index < -0.39 is 0 Å². The van der Waals surface area contributed by atoms with Crippen LogP contribution >= 0.6 is 0 Å². The fourth-order valence-corrected chi connectivity index (χ4v) is 1.50. The normalized spacial score (nSPS) is 8.19. The maximum absolute atomic E-state index is 4.90. The molecule has 0 aliphatic heterocycles. The van der Waals surface area contributed by atoms with Gasteiger partial charge in [-0.3, -0.25) is 0 Å². The summed E-state index contributed by atoms with van der Waals surface area (Å²) in [6, 6.07) is 20.8. The summed E-state index contributed by atoms with van der Waals surface area (Å²) in [6.07, 6.45) is 3.42. The first-order chi connectivity index (χ1) is 9.38. The Bertz CT molecular complexity index is 424. The van der Waals surface area contributed by atoms with Gasteiger partial charge >= 0.3 is 59.1 Å². The first kappa shape index (κ1) is 23.2. The van der Waals surface area contributed by atoms with Gasteiger partial charge in [-0.05, 0) is 11.1 Å². The van der Waals surface area contributed by atoms with Gasteiger partial charge in [-0.2, -0.15) is 0 Å². The van der Waals surface area contributed by atoms with Crippen LogP contribution < -0.4 is 0 Å². The Morgan fingerprint density at radius 2 is 1.00 bits per heavy atom. The number of hydrogen-bond donors (Lipinski definition) is 0. The predicted molar refractivity (Wildman–Crippen MR) is 97.4 cm³/mol. The third-order valence-electron chi connectivity index (χ3n) is 2.35. The summed E-state index contributed by atoms with van der Waals surface area (Å²) >= 11 is 0. The van der Waals surface area contributed by atoms with E-state index in [0.29, 0.717) is 13.2 Å². The zero-order valence-corrected chi connectivity index (χ0v) is 11.2. The molecule has 2 aromatic rings. The first-order valence-corrected chi connectivity index (χ1v) is 6.28. The second-order valence-electron chi connectivity index (χ2n) is 3.85. The molecule has 0 amide bonds. The van der Waals surface area contributed by atoms with Crippen LogP contribution in [0.4, 0.5) is 0 Å². The molecule has 0 N–H and O–H groups in total. The molecule has 0 aliphatic carbocycles. The topological polar surface area (TPSA) is 9.23 Å². The van der Waals surface area contributed by atoms with Crippen molar-refractivity contribution in [1.82, 2.24) is 0 Å². The summed E-state index contributed by atoms with van der Waals surface area (Å²) in [5.74, 6) is 0. The van der Waals surface area contributed by atoms with Gasteiger partial charge in [0, 0.05) is 0 Å². The standard InChI is InChI=1S/C12H10.C6H10O.2Na.2H/c1-3-7-11(8-4-1)12-9-5-2-6-10-12;1-3-5-7-6-4-2;;;;/h1-10H;3-4H,1-2,5-6H2;;;;. The molecule has 0 aliphatic rings. The van der Waals surface area contributed by atoms with E-state index in [9.17, 15) is 0 Å². The van der Waals surface area contributed by atoms with E-state index in [2.05, 4.69) is 61.7 Å². The van der Waals surface area contributed by atoms with E-state index in [-0.39, 0.29) is 59.1 Å². The van der Waals surface area contributed by atoms with Gasteiger partial charge in [-0.15, -0.1) is 13.2 Å². The molecule has 0 fully saturated rings. The molecule has 0 aromatic heterocycles. The van der Waals surface area contributed by atoms with Crippen molar-refractivity contribution in [2.24, 2.45) is 0 Å². The van der Waals surface area contributed by atoms with E-state index in [0.717, 1.165) is 0 Å². The van der Waals surface area contributed by atoms with Crippen molar-refractivity contribution in [2.45, 2.75) is 0 Å². The van der Waals surface area contributed by atoms with Gasteiger partial charge in [0.25, 0.3) is 0 Å². The molecular formula is C18H22Na2O. The molecule has 1 nitrogen and oxygen atoms in total. The number of ether oxygens (including phenoxy) is 1. The van der Waals surface area contributed by atoms with Crippen LogP contribution in [-0.4, -0.2) is 72.3 Å². The van der Waals surface area contributed by atoms with Gasteiger partial charge in [0.2, 0.25) is 0 Å². The van der Waals surface area contributed by atoms with Gasteiger partial charge in [0.05, 0.1) is 13.2 Å². The number of rotatable bonds is 5. The zero-order valence-electron chi connectivity index (χ0n) is 11.2. The second-order valence-corrected chi connectivity index (χ2v) is 3.85. The fraction of sp³-hybridized carbons (Fsp3) is 0.111. The predicted octanol–water partition coefficient (Wildman–Crippen LogP) is 3.43. The largest absolute Gasteiger partial charge is 0.0622 e. The number of benzene rings is 2. The molecule has 0 spiro atoms. The molecule has 102 valence electrons. The Morgan fingerprint density at radius 3 is 1.29 bits per heavy atom. The zero-order chi connectivity index (χ0) is 13.8. The molecule has 0 radical (unpaired) electrons. The summed E-state index contributed by atoms with van der Waals surface area (Å²) in [4.78, 5) is 0. The van der Waals surface area contributed by atoms with Gasteiger partial charge in [0.1, 0.15) is 0 Å².